The molecule has 2 rings (SSSR count). The molecule has 0 saturated carbocycles. The number of rotatable bonds is 4. The van der Waals surface area contributed by atoms with E-state index in [4.69, 9.17) is 0 Å². The minimum Gasteiger partial charge on any atom is -0.465 e. The molecule has 17 heavy (non-hydrogen) atoms. The zero-order chi connectivity index (χ0) is 12.1. The highest BCUT2D eigenvalue weighted by Crippen LogP contribution is 2.08. The molecule has 0 amide bonds. The molecule has 0 bridgehead atoms. The van der Waals surface area contributed by atoms with Crippen LogP contribution in [0.25, 0.3) is 0 Å². The molecule has 2 heterocycles. The standard InChI is InChI=1S/C9H10N6O2/c1-17-9(16)6-2-3-10-7(4-6)11-5-8-12-14-15-13-8/h2-4H,5H2,1H3,(H,10,11)(H,12,13,14,15). The molecule has 2 aromatic rings. The number of H-pyrrole nitrogens is 1. The molecule has 0 unspecified atom stereocenters. The molecule has 0 radical (unpaired) electrons. The number of esters is 1. The van der Waals surface area contributed by atoms with Gasteiger partial charge in [-0.15, -0.1) is 10.2 Å². The highest BCUT2D eigenvalue weighted by Gasteiger charge is 2.06. The monoisotopic (exact) mass is 234 g/mol. The molecule has 0 fully saturated rings. The summed E-state index contributed by atoms with van der Waals surface area (Å²) in [4.78, 5) is 15.3. The lowest BCUT2D eigenvalue weighted by Crippen LogP contribution is -2.06. The topological polar surface area (TPSA) is 106 Å². The molecule has 0 aromatic carbocycles. The van der Waals surface area contributed by atoms with Gasteiger partial charge in [0, 0.05) is 6.20 Å². The number of ether oxygens (including phenoxy) is 1. The highest BCUT2D eigenvalue weighted by atomic mass is 16.5. The first-order chi connectivity index (χ1) is 8.29. The predicted molar refractivity (Wildman–Crippen MR) is 57.1 cm³/mol. The Labute approximate surface area is 96.4 Å². The van der Waals surface area contributed by atoms with Crippen LogP contribution in [0.2, 0.25) is 0 Å². The second kappa shape index (κ2) is 5.01. The summed E-state index contributed by atoms with van der Waals surface area (Å²) >= 11 is 0. The first-order valence-corrected chi connectivity index (χ1v) is 4.80. The van der Waals surface area contributed by atoms with Gasteiger partial charge in [-0.2, -0.15) is 5.21 Å². The van der Waals surface area contributed by atoms with Crippen LogP contribution in [0.3, 0.4) is 0 Å². The predicted octanol–water partition coefficient (Wildman–Crippen LogP) is -0.00660. The Morgan fingerprint density at radius 1 is 1.59 bits per heavy atom. The van der Waals surface area contributed by atoms with Gasteiger partial charge in [-0.1, -0.05) is 5.21 Å². The Morgan fingerprint density at radius 2 is 2.47 bits per heavy atom. The Kier molecular flexibility index (Phi) is 3.24. The van der Waals surface area contributed by atoms with Gasteiger partial charge in [-0.05, 0) is 12.1 Å². The van der Waals surface area contributed by atoms with Crippen LogP contribution in [-0.2, 0) is 11.3 Å². The molecule has 0 aliphatic carbocycles. The number of hydrogen-bond acceptors (Lipinski definition) is 7. The molecule has 0 saturated heterocycles. The first kappa shape index (κ1) is 11.0. The average Bonchev–Trinajstić information content (AvgIpc) is 2.89. The van der Waals surface area contributed by atoms with Crippen LogP contribution in [-0.4, -0.2) is 38.7 Å². The smallest absolute Gasteiger partial charge is 0.338 e. The van der Waals surface area contributed by atoms with Gasteiger partial charge in [0.15, 0.2) is 5.82 Å². The van der Waals surface area contributed by atoms with E-state index in [0.29, 0.717) is 23.8 Å². The largest absolute Gasteiger partial charge is 0.465 e. The van der Waals surface area contributed by atoms with Gasteiger partial charge in [0.25, 0.3) is 0 Å². The van der Waals surface area contributed by atoms with Gasteiger partial charge in [-0.25, -0.2) is 9.78 Å². The van der Waals surface area contributed by atoms with Crippen molar-refractivity contribution in [1.82, 2.24) is 25.6 Å². The zero-order valence-electron chi connectivity index (χ0n) is 9.04. The normalized spacial score (nSPS) is 9.94. The van der Waals surface area contributed by atoms with E-state index < -0.39 is 5.97 Å². The fourth-order valence-corrected chi connectivity index (χ4v) is 1.20. The Balaban J connectivity index is 2.03. The van der Waals surface area contributed by atoms with E-state index in [1.54, 1.807) is 12.1 Å². The van der Waals surface area contributed by atoms with Crippen LogP contribution in [0, 0.1) is 0 Å². The summed E-state index contributed by atoms with van der Waals surface area (Å²) in [6, 6.07) is 3.16. The second-order valence-electron chi connectivity index (χ2n) is 3.10. The molecule has 0 spiro atoms. The van der Waals surface area contributed by atoms with Crippen LogP contribution in [0.4, 0.5) is 5.82 Å². The SMILES string of the molecule is COC(=O)c1ccnc(NCc2nn[nH]n2)c1. The van der Waals surface area contributed by atoms with Gasteiger partial charge in [0.2, 0.25) is 0 Å². The Bertz CT molecular complexity index is 498. The number of anilines is 1. The van der Waals surface area contributed by atoms with E-state index >= 15 is 0 Å². The molecule has 0 aliphatic heterocycles. The van der Waals surface area contributed by atoms with Gasteiger partial charge in [0.1, 0.15) is 5.82 Å². The van der Waals surface area contributed by atoms with Crippen LogP contribution in [0.15, 0.2) is 18.3 Å². The number of aromatic nitrogens is 5. The summed E-state index contributed by atoms with van der Waals surface area (Å²) in [6.07, 6.45) is 1.52. The van der Waals surface area contributed by atoms with E-state index in [2.05, 4.69) is 35.7 Å². The molecule has 8 nitrogen and oxygen atoms in total. The number of carbonyl (C=O) groups is 1. The van der Waals surface area contributed by atoms with Crippen molar-refractivity contribution in [3.05, 3.63) is 29.7 Å². The summed E-state index contributed by atoms with van der Waals surface area (Å²) < 4.78 is 4.61. The van der Waals surface area contributed by atoms with Crippen molar-refractivity contribution in [3.8, 4) is 0 Å². The lowest BCUT2D eigenvalue weighted by atomic mass is 10.2. The van der Waals surface area contributed by atoms with Crippen molar-refractivity contribution in [2.24, 2.45) is 0 Å². The summed E-state index contributed by atoms with van der Waals surface area (Å²) in [7, 11) is 1.33. The summed E-state index contributed by atoms with van der Waals surface area (Å²) in [5.74, 6) is 0.642. The zero-order valence-corrected chi connectivity index (χ0v) is 9.04. The van der Waals surface area contributed by atoms with Gasteiger partial charge >= 0.3 is 5.97 Å². The summed E-state index contributed by atoms with van der Waals surface area (Å²) in [6.45, 7) is 0.369. The van der Waals surface area contributed by atoms with Gasteiger partial charge < -0.3 is 10.1 Å². The molecular formula is C9H10N6O2. The fourth-order valence-electron chi connectivity index (χ4n) is 1.20. The van der Waals surface area contributed by atoms with Crippen molar-refractivity contribution in [1.29, 1.82) is 0 Å². The number of methoxy groups -OCH3 is 1. The first-order valence-electron chi connectivity index (χ1n) is 4.80. The third kappa shape index (κ3) is 2.74. The van der Waals surface area contributed by atoms with E-state index in [1.165, 1.54) is 13.3 Å². The number of tetrazole rings is 1. The second-order valence-corrected chi connectivity index (χ2v) is 3.10. The Morgan fingerprint density at radius 3 is 3.18 bits per heavy atom. The maximum atomic E-state index is 11.3. The lowest BCUT2D eigenvalue weighted by Gasteiger charge is -2.04. The average molecular weight is 234 g/mol. The third-order valence-corrected chi connectivity index (χ3v) is 2.00. The van der Waals surface area contributed by atoms with E-state index in [0.717, 1.165) is 0 Å². The molecule has 8 heteroatoms. The highest BCUT2D eigenvalue weighted by molar-refractivity contribution is 5.89. The van der Waals surface area contributed by atoms with Gasteiger partial charge in [-0.3, -0.25) is 0 Å². The molecule has 0 aliphatic rings. The van der Waals surface area contributed by atoms with Crippen LogP contribution in [0.5, 0.6) is 0 Å². The van der Waals surface area contributed by atoms with E-state index in [9.17, 15) is 4.79 Å². The third-order valence-electron chi connectivity index (χ3n) is 2.00. The van der Waals surface area contributed by atoms with Crippen molar-refractivity contribution < 1.29 is 9.53 Å². The molecular weight excluding hydrogens is 224 g/mol. The minimum atomic E-state index is -0.407. The van der Waals surface area contributed by atoms with E-state index in [1.807, 2.05) is 0 Å². The summed E-state index contributed by atoms with van der Waals surface area (Å²) in [5.41, 5.74) is 0.429. The quantitative estimate of drug-likeness (QED) is 0.717. The van der Waals surface area contributed by atoms with Crippen molar-refractivity contribution in [2.75, 3.05) is 12.4 Å². The van der Waals surface area contributed by atoms with Crippen LogP contribution in [0.1, 0.15) is 16.2 Å². The molecule has 2 N–H and O–H groups in total. The summed E-state index contributed by atoms with van der Waals surface area (Å²) in [5, 5.41) is 16.3. The van der Waals surface area contributed by atoms with Crippen LogP contribution < -0.4 is 5.32 Å². The number of aromatic amines is 1. The Hall–Kier alpha value is -2.51. The molecule has 0 atom stereocenters. The molecule has 88 valence electrons. The number of carbonyl (C=O) groups excluding carboxylic acids is 1. The maximum absolute atomic E-state index is 11.3. The van der Waals surface area contributed by atoms with Crippen LogP contribution >= 0.6 is 0 Å². The fraction of sp³-hybridized carbons (Fsp3) is 0.222. The maximum Gasteiger partial charge on any atom is 0.338 e. The van der Waals surface area contributed by atoms with Crippen molar-refractivity contribution >= 4 is 11.8 Å². The number of nitrogens with zero attached hydrogens (tertiary/aromatic N) is 4. The molecule has 2 aromatic heterocycles. The lowest BCUT2D eigenvalue weighted by molar-refractivity contribution is 0.0600. The van der Waals surface area contributed by atoms with E-state index in [-0.39, 0.29) is 0 Å². The number of nitrogens with one attached hydrogen (secondary N) is 2. The minimum absolute atomic E-state index is 0.369. The number of hydrogen-bond donors (Lipinski definition) is 2. The van der Waals surface area contributed by atoms with Gasteiger partial charge in [0.05, 0.1) is 19.2 Å². The number of pyridine rings is 1. The van der Waals surface area contributed by atoms with Crippen molar-refractivity contribution in [3.63, 3.8) is 0 Å². The van der Waals surface area contributed by atoms with Crippen molar-refractivity contribution in [2.45, 2.75) is 6.54 Å².